The summed E-state index contributed by atoms with van der Waals surface area (Å²) in [6.07, 6.45) is 1.37. The quantitative estimate of drug-likeness (QED) is 0.596. The van der Waals surface area contributed by atoms with Gasteiger partial charge in [-0.2, -0.15) is 5.10 Å². The predicted molar refractivity (Wildman–Crippen MR) is 96.2 cm³/mol. The van der Waals surface area contributed by atoms with Crippen LogP contribution < -0.4 is 0 Å². The van der Waals surface area contributed by atoms with Gasteiger partial charge in [-0.25, -0.2) is 19.5 Å². The summed E-state index contributed by atoms with van der Waals surface area (Å²) in [5.74, 6) is -1.88. The van der Waals surface area contributed by atoms with Gasteiger partial charge in [0, 0.05) is 6.42 Å². The van der Waals surface area contributed by atoms with Gasteiger partial charge in [-0.05, 0) is 23.3 Å². The first-order valence-corrected chi connectivity index (χ1v) is 8.19. The second-order valence-corrected chi connectivity index (χ2v) is 5.98. The van der Waals surface area contributed by atoms with E-state index in [1.807, 2.05) is 18.2 Å². The number of carbonyl (C=O) groups excluding carboxylic acids is 2. The molecule has 3 amide bonds. The molecule has 3 rings (SSSR count). The molecule has 0 saturated carbocycles. The van der Waals surface area contributed by atoms with Gasteiger partial charge in [0.25, 0.3) is 5.91 Å². The number of phenolic OH excluding ortho intramolecular Hbond substituents is 1. The summed E-state index contributed by atoms with van der Waals surface area (Å²) in [5, 5.41) is 23.8. The Balaban J connectivity index is 1.78. The van der Waals surface area contributed by atoms with Crippen LogP contribution in [0.2, 0.25) is 0 Å². The maximum atomic E-state index is 12.5. The fourth-order valence-corrected chi connectivity index (χ4v) is 2.72. The fraction of sp³-hybridized carbons (Fsp3) is 0.158. The second-order valence-electron chi connectivity index (χ2n) is 5.98. The molecule has 138 valence electrons. The number of aromatic hydroxyl groups is 1. The van der Waals surface area contributed by atoms with Crippen LogP contribution in [0.1, 0.15) is 11.1 Å². The smallest absolute Gasteiger partial charge is 0.348 e. The molecule has 1 saturated heterocycles. The summed E-state index contributed by atoms with van der Waals surface area (Å²) in [7, 11) is 0. The Morgan fingerprint density at radius 2 is 1.78 bits per heavy atom. The molecule has 1 aliphatic rings. The van der Waals surface area contributed by atoms with Gasteiger partial charge in [0.15, 0.2) is 0 Å². The van der Waals surface area contributed by atoms with Crippen LogP contribution in [0.5, 0.6) is 5.75 Å². The van der Waals surface area contributed by atoms with Crippen molar-refractivity contribution in [2.24, 2.45) is 5.10 Å². The molecular formula is C19H17N3O5. The molecule has 2 aromatic carbocycles. The van der Waals surface area contributed by atoms with E-state index in [0.717, 1.165) is 15.5 Å². The molecule has 0 aliphatic carbocycles. The van der Waals surface area contributed by atoms with Crippen molar-refractivity contribution in [3.63, 3.8) is 0 Å². The number of hydrogen-bond donors (Lipinski definition) is 2. The minimum atomic E-state index is -1.36. The van der Waals surface area contributed by atoms with E-state index in [2.05, 4.69) is 5.10 Å². The zero-order valence-electron chi connectivity index (χ0n) is 14.2. The average Bonchev–Trinajstić information content (AvgIpc) is 2.94. The molecule has 27 heavy (non-hydrogen) atoms. The summed E-state index contributed by atoms with van der Waals surface area (Å²) in [5.41, 5.74) is 1.32. The van der Waals surface area contributed by atoms with Gasteiger partial charge in [0.1, 0.15) is 18.3 Å². The van der Waals surface area contributed by atoms with Crippen molar-refractivity contribution in [2.75, 3.05) is 6.54 Å². The Morgan fingerprint density at radius 1 is 1.11 bits per heavy atom. The van der Waals surface area contributed by atoms with Crippen molar-refractivity contribution in [3.8, 4) is 5.75 Å². The number of phenols is 1. The van der Waals surface area contributed by atoms with Crippen LogP contribution in [-0.2, 0) is 16.0 Å². The molecule has 8 heteroatoms. The fourth-order valence-electron chi connectivity index (χ4n) is 2.72. The first kappa shape index (κ1) is 18.1. The predicted octanol–water partition coefficient (Wildman–Crippen LogP) is 1.69. The van der Waals surface area contributed by atoms with Crippen LogP contribution in [0.3, 0.4) is 0 Å². The van der Waals surface area contributed by atoms with Crippen LogP contribution in [0.4, 0.5) is 4.79 Å². The minimum Gasteiger partial charge on any atom is -0.508 e. The van der Waals surface area contributed by atoms with E-state index in [1.165, 1.54) is 18.3 Å². The van der Waals surface area contributed by atoms with Crippen LogP contribution in [0, 0.1) is 0 Å². The van der Waals surface area contributed by atoms with Crippen molar-refractivity contribution >= 4 is 24.1 Å². The number of nitrogens with zero attached hydrogens (tertiary/aromatic N) is 3. The monoisotopic (exact) mass is 367 g/mol. The Bertz CT molecular complexity index is 880. The maximum absolute atomic E-state index is 12.5. The Labute approximate surface area is 154 Å². The number of carbonyl (C=O) groups is 3. The number of hydrogen-bond acceptors (Lipinski definition) is 5. The molecule has 1 aliphatic heterocycles. The van der Waals surface area contributed by atoms with E-state index in [9.17, 15) is 24.6 Å². The van der Waals surface area contributed by atoms with E-state index >= 15 is 0 Å². The van der Waals surface area contributed by atoms with Gasteiger partial charge < -0.3 is 10.2 Å². The molecule has 0 bridgehead atoms. The van der Waals surface area contributed by atoms with Gasteiger partial charge in [0.05, 0.1) is 6.21 Å². The zero-order valence-corrected chi connectivity index (χ0v) is 14.2. The maximum Gasteiger partial charge on any atom is 0.348 e. The number of imide groups is 1. The highest BCUT2D eigenvalue weighted by atomic mass is 16.4. The lowest BCUT2D eigenvalue weighted by molar-refractivity contribution is -0.146. The number of benzene rings is 2. The van der Waals surface area contributed by atoms with Crippen LogP contribution in [0.25, 0.3) is 0 Å². The lowest BCUT2D eigenvalue weighted by Crippen LogP contribution is -2.46. The minimum absolute atomic E-state index is 0.0420. The number of urea groups is 1. The summed E-state index contributed by atoms with van der Waals surface area (Å²) in [6.45, 7) is -0.318. The van der Waals surface area contributed by atoms with Crippen molar-refractivity contribution in [1.29, 1.82) is 0 Å². The summed E-state index contributed by atoms with van der Waals surface area (Å²) >= 11 is 0. The highest BCUT2D eigenvalue weighted by Crippen LogP contribution is 2.19. The Morgan fingerprint density at radius 3 is 2.41 bits per heavy atom. The Kier molecular flexibility index (Phi) is 5.16. The van der Waals surface area contributed by atoms with E-state index < -0.39 is 23.9 Å². The van der Waals surface area contributed by atoms with Gasteiger partial charge in [-0.15, -0.1) is 0 Å². The molecule has 8 nitrogen and oxygen atoms in total. The lowest BCUT2D eigenvalue weighted by Gasteiger charge is -2.22. The number of carboxylic acids is 1. The molecule has 0 unspecified atom stereocenters. The Hall–Kier alpha value is -3.68. The standard InChI is InChI=1S/C19H17N3O5/c23-15-8-6-13(7-9-15)10-16(18(25)26)22-17(24)12-21(19(22)27)20-11-14-4-2-1-3-5-14/h1-9,11,16,23H,10,12H2,(H,25,26)/b20-11+/t16-/m0/s1. The highest BCUT2D eigenvalue weighted by molar-refractivity contribution is 6.05. The van der Waals surface area contributed by atoms with Gasteiger partial charge >= 0.3 is 12.0 Å². The molecule has 0 aromatic heterocycles. The largest absolute Gasteiger partial charge is 0.508 e. The number of aliphatic carboxylic acids is 1. The molecule has 2 N–H and O–H groups in total. The molecule has 0 radical (unpaired) electrons. The third kappa shape index (κ3) is 4.12. The van der Waals surface area contributed by atoms with Gasteiger partial charge in [0.2, 0.25) is 0 Å². The third-order valence-electron chi connectivity index (χ3n) is 4.09. The molecule has 2 aromatic rings. The molecule has 1 heterocycles. The first-order valence-electron chi connectivity index (χ1n) is 8.19. The topological polar surface area (TPSA) is 111 Å². The first-order chi connectivity index (χ1) is 13.0. The van der Waals surface area contributed by atoms with Crippen molar-refractivity contribution < 1.29 is 24.6 Å². The average molecular weight is 367 g/mol. The van der Waals surface area contributed by atoms with Gasteiger partial charge in [-0.3, -0.25) is 4.79 Å². The SMILES string of the molecule is O=C(O)[C@H](Cc1ccc(O)cc1)N1C(=O)CN(/N=C/c2ccccc2)C1=O. The second kappa shape index (κ2) is 7.69. The normalized spacial score (nSPS) is 15.6. The lowest BCUT2D eigenvalue weighted by atomic mass is 10.0. The number of amides is 3. The van der Waals surface area contributed by atoms with E-state index in [4.69, 9.17) is 0 Å². The molecule has 1 atom stereocenters. The van der Waals surface area contributed by atoms with Crippen molar-refractivity contribution in [1.82, 2.24) is 9.91 Å². The molecule has 0 spiro atoms. The van der Waals surface area contributed by atoms with E-state index in [0.29, 0.717) is 5.56 Å². The van der Waals surface area contributed by atoms with E-state index in [1.54, 1.807) is 24.3 Å². The summed E-state index contributed by atoms with van der Waals surface area (Å²) < 4.78 is 0. The van der Waals surface area contributed by atoms with Crippen molar-refractivity contribution in [3.05, 3.63) is 65.7 Å². The van der Waals surface area contributed by atoms with Crippen LogP contribution >= 0.6 is 0 Å². The third-order valence-corrected chi connectivity index (χ3v) is 4.09. The summed E-state index contributed by atoms with van der Waals surface area (Å²) in [4.78, 5) is 37.2. The number of hydrazone groups is 1. The molecule has 1 fully saturated rings. The highest BCUT2D eigenvalue weighted by Gasteiger charge is 2.43. The van der Waals surface area contributed by atoms with Crippen LogP contribution in [0.15, 0.2) is 59.7 Å². The van der Waals surface area contributed by atoms with Gasteiger partial charge in [-0.1, -0.05) is 42.5 Å². The molecular weight excluding hydrogens is 350 g/mol. The zero-order chi connectivity index (χ0) is 19.4. The number of rotatable bonds is 6. The number of carboxylic acid groups (broad SMARTS) is 1. The van der Waals surface area contributed by atoms with Crippen molar-refractivity contribution in [2.45, 2.75) is 12.5 Å². The van der Waals surface area contributed by atoms with E-state index in [-0.39, 0.29) is 18.7 Å². The van der Waals surface area contributed by atoms with Crippen LogP contribution in [-0.4, -0.2) is 56.8 Å². The summed E-state index contributed by atoms with van der Waals surface area (Å²) in [6, 6.07) is 12.8.